The van der Waals surface area contributed by atoms with Gasteiger partial charge in [-0.25, -0.2) is 0 Å². The molecular formula is C20H29N3O3. The van der Waals surface area contributed by atoms with Crippen LogP contribution in [0.5, 0.6) is 0 Å². The van der Waals surface area contributed by atoms with Crippen LogP contribution in [0.4, 0.5) is 5.69 Å². The first-order valence-corrected chi connectivity index (χ1v) is 9.62. The van der Waals surface area contributed by atoms with Crippen molar-refractivity contribution in [1.29, 1.82) is 0 Å². The Bertz CT molecular complexity index is 672. The van der Waals surface area contributed by atoms with Gasteiger partial charge in [-0.3, -0.25) is 19.9 Å². The number of aliphatic hydroxyl groups is 1. The summed E-state index contributed by atoms with van der Waals surface area (Å²) < 4.78 is 0. The monoisotopic (exact) mass is 359 g/mol. The van der Waals surface area contributed by atoms with Crippen LogP contribution < -0.4 is 0 Å². The van der Waals surface area contributed by atoms with Crippen LogP contribution in [0.2, 0.25) is 0 Å². The Hall–Kier alpha value is -1.50. The molecule has 0 saturated carbocycles. The van der Waals surface area contributed by atoms with Crippen molar-refractivity contribution in [2.45, 2.75) is 40.0 Å². The Morgan fingerprint density at radius 1 is 1.00 bits per heavy atom. The summed E-state index contributed by atoms with van der Waals surface area (Å²) in [4.78, 5) is 15.6. The summed E-state index contributed by atoms with van der Waals surface area (Å²) in [6, 6.07) is 7.00. The van der Waals surface area contributed by atoms with E-state index in [-0.39, 0.29) is 33.7 Å². The lowest BCUT2D eigenvalue weighted by Gasteiger charge is -2.71. The molecule has 4 heterocycles. The number of hydrogen-bond donors (Lipinski definition) is 1. The second-order valence-corrected chi connectivity index (χ2v) is 9.21. The van der Waals surface area contributed by atoms with Gasteiger partial charge in [0.25, 0.3) is 5.69 Å². The molecule has 4 aliphatic heterocycles. The molecule has 0 unspecified atom stereocenters. The lowest BCUT2D eigenvalue weighted by atomic mass is 9.52. The number of benzene rings is 1. The molecule has 26 heavy (non-hydrogen) atoms. The Labute approximate surface area is 154 Å². The van der Waals surface area contributed by atoms with Crippen LogP contribution in [0, 0.1) is 32.8 Å². The first kappa shape index (κ1) is 17.9. The molecule has 6 nitrogen and oxygen atoms in total. The minimum atomic E-state index is -0.348. The summed E-state index contributed by atoms with van der Waals surface area (Å²) in [6.45, 7) is 12.5. The van der Waals surface area contributed by atoms with Crippen molar-refractivity contribution in [2.24, 2.45) is 22.7 Å². The maximum absolute atomic E-state index is 11.4. The summed E-state index contributed by atoms with van der Waals surface area (Å²) in [5.74, 6) is 0.804. The van der Waals surface area contributed by atoms with Gasteiger partial charge in [0.05, 0.1) is 17.2 Å². The molecule has 0 aromatic heterocycles. The van der Waals surface area contributed by atoms with Gasteiger partial charge in [-0.15, -0.1) is 0 Å². The van der Waals surface area contributed by atoms with Crippen LogP contribution in [0.25, 0.3) is 0 Å². The van der Waals surface area contributed by atoms with Crippen molar-refractivity contribution >= 4 is 5.69 Å². The number of hydrogen-bond acceptors (Lipinski definition) is 5. The van der Waals surface area contributed by atoms with Crippen LogP contribution in [-0.2, 0) is 0 Å². The van der Waals surface area contributed by atoms with Gasteiger partial charge in [-0.05, 0) is 29.5 Å². The topological polar surface area (TPSA) is 69.9 Å². The standard InChI is InChI=1S/C20H29N3O3/c1-13(2)19-9-21-11-20(14(3)4,18(19)24)12-22(10-19)17(21)15-5-7-16(8-6-15)23(25)26/h5-8,13-14,17-18,24H,9-12H2,1-4H3. The Balaban J connectivity index is 1.72. The number of nitro benzene ring substituents is 1. The highest BCUT2D eigenvalue weighted by atomic mass is 16.6. The maximum Gasteiger partial charge on any atom is 0.269 e. The summed E-state index contributed by atoms with van der Waals surface area (Å²) in [6.07, 6.45) is -0.123. The third-order valence-corrected chi connectivity index (χ3v) is 7.47. The van der Waals surface area contributed by atoms with Gasteiger partial charge in [-0.2, -0.15) is 0 Å². The van der Waals surface area contributed by atoms with Gasteiger partial charge in [-0.1, -0.05) is 27.7 Å². The first-order chi connectivity index (χ1) is 12.2. The van der Waals surface area contributed by atoms with E-state index in [1.807, 2.05) is 12.1 Å². The lowest BCUT2D eigenvalue weighted by molar-refractivity contribution is -0.384. The molecule has 0 aliphatic carbocycles. The third kappa shape index (κ3) is 2.22. The average molecular weight is 359 g/mol. The van der Waals surface area contributed by atoms with Crippen LogP contribution >= 0.6 is 0 Å². The molecule has 4 bridgehead atoms. The van der Waals surface area contributed by atoms with E-state index in [1.165, 1.54) is 0 Å². The molecule has 1 N–H and O–H groups in total. The maximum atomic E-state index is 11.4. The Morgan fingerprint density at radius 2 is 1.42 bits per heavy atom. The zero-order valence-electron chi connectivity index (χ0n) is 16.1. The van der Waals surface area contributed by atoms with E-state index in [9.17, 15) is 15.2 Å². The van der Waals surface area contributed by atoms with Crippen LogP contribution in [0.3, 0.4) is 0 Å². The Morgan fingerprint density at radius 3 is 1.77 bits per heavy atom. The number of rotatable bonds is 4. The quantitative estimate of drug-likeness (QED) is 0.661. The smallest absolute Gasteiger partial charge is 0.269 e. The zero-order valence-corrected chi connectivity index (χ0v) is 16.1. The molecule has 0 radical (unpaired) electrons. The largest absolute Gasteiger partial charge is 0.392 e. The highest BCUT2D eigenvalue weighted by Crippen LogP contribution is 2.59. The average Bonchev–Trinajstić information content (AvgIpc) is 2.58. The van der Waals surface area contributed by atoms with E-state index < -0.39 is 0 Å². The predicted octanol–water partition coefficient (Wildman–Crippen LogP) is 2.88. The molecule has 0 atom stereocenters. The highest BCUT2D eigenvalue weighted by Gasteiger charge is 2.66. The van der Waals surface area contributed by atoms with Crippen molar-refractivity contribution in [3.63, 3.8) is 0 Å². The van der Waals surface area contributed by atoms with Crippen molar-refractivity contribution in [3.05, 3.63) is 39.9 Å². The van der Waals surface area contributed by atoms with Crippen LogP contribution in [0.15, 0.2) is 24.3 Å². The van der Waals surface area contributed by atoms with Gasteiger partial charge in [0.15, 0.2) is 0 Å². The summed E-state index contributed by atoms with van der Waals surface area (Å²) in [7, 11) is 0. The van der Waals surface area contributed by atoms with Crippen molar-refractivity contribution in [1.82, 2.24) is 9.80 Å². The molecule has 6 heteroatoms. The van der Waals surface area contributed by atoms with E-state index in [0.717, 1.165) is 31.7 Å². The zero-order chi connectivity index (χ0) is 18.9. The summed E-state index contributed by atoms with van der Waals surface area (Å²) in [5.41, 5.74) is 1.05. The third-order valence-electron chi connectivity index (χ3n) is 7.47. The molecule has 4 saturated heterocycles. The normalized spacial score (nSPS) is 41.2. The minimum absolute atomic E-state index is 0.0992. The first-order valence-electron chi connectivity index (χ1n) is 9.62. The van der Waals surface area contributed by atoms with E-state index in [1.54, 1.807) is 12.1 Å². The lowest BCUT2D eigenvalue weighted by Crippen LogP contribution is -2.80. The van der Waals surface area contributed by atoms with Crippen molar-refractivity contribution in [3.8, 4) is 0 Å². The molecule has 0 spiro atoms. The molecule has 0 amide bonds. The van der Waals surface area contributed by atoms with E-state index in [2.05, 4.69) is 37.5 Å². The predicted molar refractivity (Wildman–Crippen MR) is 99.5 cm³/mol. The highest BCUT2D eigenvalue weighted by molar-refractivity contribution is 5.35. The fraction of sp³-hybridized carbons (Fsp3) is 0.700. The van der Waals surface area contributed by atoms with Gasteiger partial charge in [0, 0.05) is 49.1 Å². The molecule has 1 aromatic rings. The molecular weight excluding hydrogens is 330 g/mol. The SMILES string of the molecule is CC(C)C12CN3CC(C(C)C)(CN(C1)C3c1ccc([N+](=O)[O-])cc1)C2O. The number of nitro groups is 1. The van der Waals surface area contributed by atoms with E-state index in [0.29, 0.717) is 11.8 Å². The fourth-order valence-corrected chi connectivity index (χ4v) is 5.77. The molecule has 5 rings (SSSR count). The Kier molecular flexibility index (Phi) is 3.95. The molecule has 4 fully saturated rings. The van der Waals surface area contributed by atoms with Crippen LogP contribution in [0.1, 0.15) is 39.4 Å². The van der Waals surface area contributed by atoms with E-state index >= 15 is 0 Å². The molecule has 1 aromatic carbocycles. The number of nitrogens with zero attached hydrogens (tertiary/aromatic N) is 3. The van der Waals surface area contributed by atoms with E-state index in [4.69, 9.17) is 0 Å². The van der Waals surface area contributed by atoms with Crippen molar-refractivity contribution < 1.29 is 10.0 Å². The van der Waals surface area contributed by atoms with Crippen molar-refractivity contribution in [2.75, 3.05) is 26.2 Å². The van der Waals surface area contributed by atoms with Gasteiger partial charge in [0.1, 0.15) is 0 Å². The number of non-ortho nitro benzene ring substituents is 1. The number of piperidine rings is 2. The summed E-state index contributed by atoms with van der Waals surface area (Å²) in [5, 5.41) is 22.4. The van der Waals surface area contributed by atoms with Gasteiger partial charge >= 0.3 is 0 Å². The van der Waals surface area contributed by atoms with Gasteiger partial charge in [0.2, 0.25) is 0 Å². The molecule has 4 aliphatic rings. The minimum Gasteiger partial charge on any atom is -0.392 e. The fourth-order valence-electron chi connectivity index (χ4n) is 5.77. The van der Waals surface area contributed by atoms with Gasteiger partial charge < -0.3 is 5.11 Å². The second-order valence-electron chi connectivity index (χ2n) is 9.21. The number of aliphatic hydroxyl groups excluding tert-OH is 1. The second kappa shape index (κ2) is 5.75. The summed E-state index contributed by atoms with van der Waals surface area (Å²) >= 11 is 0. The van der Waals surface area contributed by atoms with Crippen LogP contribution in [-0.4, -0.2) is 52.1 Å². The molecule has 142 valence electrons.